The van der Waals surface area contributed by atoms with Crippen LogP contribution in [-0.4, -0.2) is 39.0 Å². The highest BCUT2D eigenvalue weighted by atomic mass is 28.3. The Kier molecular flexibility index (Phi) is 5.91. The summed E-state index contributed by atoms with van der Waals surface area (Å²) in [6.45, 7) is 16.4. The molecule has 0 unspecified atom stereocenters. The van der Waals surface area contributed by atoms with Gasteiger partial charge in [-0.25, -0.2) is 0 Å². The summed E-state index contributed by atoms with van der Waals surface area (Å²) < 4.78 is 0. The van der Waals surface area contributed by atoms with Gasteiger partial charge in [0.05, 0.1) is 44.2 Å². The van der Waals surface area contributed by atoms with Crippen LogP contribution in [0.25, 0.3) is 0 Å². The molecule has 1 rings (SSSR count). The summed E-state index contributed by atoms with van der Waals surface area (Å²) >= 11 is 0. The van der Waals surface area contributed by atoms with Gasteiger partial charge in [0.25, 0.3) is 5.69 Å². The molecule has 9 nitrogen and oxygen atoms in total. The Hall–Kier alpha value is -1.93. The first-order valence-electron chi connectivity index (χ1n) is 8.52. The SMILES string of the molecule is C[Si](C)(C)c1c([N+](=O)[O-])c([N+](=O)[O-])c([Si](C)(C)C)c([Si](C)(C)C)c1[N+](=O)[O-]. The lowest BCUT2D eigenvalue weighted by atomic mass is 10.2. The first-order valence-corrected chi connectivity index (χ1v) is 19.0. The standard InChI is InChI=1S/C15H27N3O6Si3/c1-25(2,3)13-10(16(19)20)11(17(21)22)14(26(4,5)6)15(27(7,8)9)12(13)18(23)24/h1-9H3. The largest absolute Gasteiger partial charge is 0.351 e. The van der Waals surface area contributed by atoms with Crippen molar-refractivity contribution in [2.75, 3.05) is 0 Å². The highest BCUT2D eigenvalue weighted by Gasteiger charge is 2.51. The predicted octanol–water partition coefficient (Wildman–Crippen LogP) is 3.05. The summed E-state index contributed by atoms with van der Waals surface area (Å²) in [4.78, 5) is 34.0. The molecular formula is C15H27N3O6Si3. The Morgan fingerprint density at radius 1 is 0.481 bits per heavy atom. The lowest BCUT2D eigenvalue weighted by Crippen LogP contribution is -2.61. The molecule has 27 heavy (non-hydrogen) atoms. The summed E-state index contributed by atoms with van der Waals surface area (Å²) in [5.74, 6) is 0. The van der Waals surface area contributed by atoms with Crippen LogP contribution in [0.5, 0.6) is 0 Å². The predicted molar refractivity (Wildman–Crippen MR) is 115 cm³/mol. The van der Waals surface area contributed by atoms with Gasteiger partial charge < -0.3 is 0 Å². The number of nitro benzene ring substituents is 3. The quantitative estimate of drug-likeness (QED) is 0.388. The Bertz CT molecular complexity index is 835. The van der Waals surface area contributed by atoms with Crippen molar-refractivity contribution in [3.8, 4) is 0 Å². The summed E-state index contributed by atoms with van der Waals surface area (Å²) in [5.41, 5.74) is -1.45. The number of hydrogen-bond acceptors (Lipinski definition) is 6. The van der Waals surface area contributed by atoms with Gasteiger partial charge >= 0.3 is 11.4 Å². The minimum atomic E-state index is -2.67. The van der Waals surface area contributed by atoms with Gasteiger partial charge in [-0.1, -0.05) is 58.9 Å². The summed E-state index contributed by atoms with van der Waals surface area (Å²) in [6, 6.07) is 0. The molecule has 0 saturated heterocycles. The van der Waals surface area contributed by atoms with Crippen LogP contribution in [0, 0.1) is 30.3 Å². The second-order valence-electron chi connectivity index (χ2n) is 9.69. The maximum absolute atomic E-state index is 12.1. The Morgan fingerprint density at radius 2 is 0.704 bits per heavy atom. The molecule has 1 aromatic rings. The first-order chi connectivity index (χ1) is 11.8. The normalized spacial score (nSPS) is 12.8. The maximum Gasteiger partial charge on any atom is 0.351 e. The van der Waals surface area contributed by atoms with Crippen LogP contribution in [0.4, 0.5) is 17.1 Å². The average Bonchev–Trinajstić information content (AvgIpc) is 2.40. The van der Waals surface area contributed by atoms with Crippen molar-refractivity contribution in [2.24, 2.45) is 0 Å². The molecule has 0 aromatic heterocycles. The van der Waals surface area contributed by atoms with E-state index in [1.165, 1.54) is 0 Å². The van der Waals surface area contributed by atoms with Crippen LogP contribution in [0.3, 0.4) is 0 Å². The number of benzene rings is 1. The Labute approximate surface area is 161 Å². The van der Waals surface area contributed by atoms with E-state index in [2.05, 4.69) is 0 Å². The van der Waals surface area contributed by atoms with Gasteiger partial charge in [-0.05, 0) is 0 Å². The zero-order valence-corrected chi connectivity index (χ0v) is 20.3. The zero-order valence-electron chi connectivity index (χ0n) is 17.3. The van der Waals surface area contributed by atoms with E-state index >= 15 is 0 Å². The molecule has 0 aliphatic heterocycles. The van der Waals surface area contributed by atoms with Crippen molar-refractivity contribution in [2.45, 2.75) is 58.9 Å². The van der Waals surface area contributed by atoms with Crippen molar-refractivity contribution >= 4 is 56.8 Å². The van der Waals surface area contributed by atoms with Gasteiger partial charge in [0, 0.05) is 10.4 Å². The highest BCUT2D eigenvalue weighted by Crippen LogP contribution is 2.33. The molecule has 0 bridgehead atoms. The summed E-state index contributed by atoms with van der Waals surface area (Å²) in [6.07, 6.45) is 0. The van der Waals surface area contributed by atoms with Crippen molar-refractivity contribution in [3.63, 3.8) is 0 Å². The van der Waals surface area contributed by atoms with E-state index in [4.69, 9.17) is 0 Å². The van der Waals surface area contributed by atoms with E-state index in [1.54, 1.807) is 19.6 Å². The van der Waals surface area contributed by atoms with E-state index < -0.39 is 50.4 Å². The molecule has 0 fully saturated rings. The van der Waals surface area contributed by atoms with Gasteiger partial charge in [0.15, 0.2) is 0 Å². The zero-order chi connectivity index (χ0) is 21.7. The molecule has 12 heteroatoms. The Balaban J connectivity index is 4.67. The second kappa shape index (κ2) is 6.91. The molecule has 0 atom stereocenters. The number of hydrogen-bond donors (Lipinski definition) is 0. The maximum atomic E-state index is 12.1. The van der Waals surface area contributed by atoms with E-state index in [1.807, 2.05) is 39.3 Å². The molecule has 0 N–H and O–H groups in total. The van der Waals surface area contributed by atoms with Crippen LogP contribution in [-0.2, 0) is 0 Å². The van der Waals surface area contributed by atoms with Gasteiger partial charge in [0.2, 0.25) is 0 Å². The molecule has 0 heterocycles. The van der Waals surface area contributed by atoms with Gasteiger partial charge in [-0.3, -0.25) is 30.3 Å². The minimum Gasteiger partial charge on any atom is -0.258 e. The molecular weight excluding hydrogens is 402 g/mol. The number of rotatable bonds is 6. The molecule has 1 aromatic carbocycles. The number of nitro groups is 3. The fraction of sp³-hybridized carbons (Fsp3) is 0.600. The first kappa shape index (κ1) is 23.1. The highest BCUT2D eigenvalue weighted by molar-refractivity contribution is 7.01. The molecule has 0 spiro atoms. The van der Waals surface area contributed by atoms with Gasteiger partial charge in [-0.15, -0.1) is 0 Å². The smallest absolute Gasteiger partial charge is 0.258 e. The van der Waals surface area contributed by atoms with Crippen molar-refractivity contribution in [1.82, 2.24) is 0 Å². The van der Waals surface area contributed by atoms with E-state index in [-0.39, 0.29) is 16.1 Å². The van der Waals surface area contributed by atoms with E-state index in [9.17, 15) is 30.3 Å². The third-order valence-corrected chi connectivity index (χ3v) is 10.4. The van der Waals surface area contributed by atoms with Crippen LogP contribution < -0.4 is 15.6 Å². The van der Waals surface area contributed by atoms with Crippen LogP contribution in [0.1, 0.15) is 0 Å². The third-order valence-electron chi connectivity index (χ3n) is 4.22. The monoisotopic (exact) mass is 429 g/mol. The molecule has 0 saturated carbocycles. The summed E-state index contributed by atoms with van der Waals surface area (Å²) in [5, 5.41) is 36.7. The molecule has 0 aliphatic rings. The topological polar surface area (TPSA) is 129 Å². The van der Waals surface area contributed by atoms with Gasteiger partial charge in [0.1, 0.15) is 0 Å². The fourth-order valence-corrected chi connectivity index (χ4v) is 11.2. The van der Waals surface area contributed by atoms with Crippen molar-refractivity contribution in [1.29, 1.82) is 0 Å². The molecule has 0 amide bonds. The lowest BCUT2D eigenvalue weighted by Gasteiger charge is -2.29. The Morgan fingerprint density at radius 3 is 0.926 bits per heavy atom. The fourth-order valence-electron chi connectivity index (χ4n) is 3.42. The third kappa shape index (κ3) is 4.32. The van der Waals surface area contributed by atoms with E-state index in [0.29, 0.717) is 5.19 Å². The van der Waals surface area contributed by atoms with Gasteiger partial charge in [-0.2, -0.15) is 0 Å². The molecule has 0 aliphatic carbocycles. The lowest BCUT2D eigenvalue weighted by molar-refractivity contribution is -0.422. The molecule has 0 radical (unpaired) electrons. The van der Waals surface area contributed by atoms with Crippen molar-refractivity contribution < 1.29 is 14.8 Å². The van der Waals surface area contributed by atoms with Crippen LogP contribution in [0.2, 0.25) is 58.9 Å². The van der Waals surface area contributed by atoms with E-state index in [0.717, 1.165) is 0 Å². The minimum absolute atomic E-state index is 0.0244. The van der Waals surface area contributed by atoms with Crippen LogP contribution >= 0.6 is 0 Å². The number of nitrogens with zero attached hydrogens (tertiary/aromatic N) is 3. The van der Waals surface area contributed by atoms with Crippen LogP contribution in [0.15, 0.2) is 0 Å². The molecule has 150 valence electrons. The van der Waals surface area contributed by atoms with Crippen molar-refractivity contribution in [3.05, 3.63) is 30.3 Å². The average molecular weight is 430 g/mol. The summed E-state index contributed by atoms with van der Waals surface area (Å²) in [7, 11) is -7.65. The second-order valence-corrected chi connectivity index (χ2v) is 24.7.